The summed E-state index contributed by atoms with van der Waals surface area (Å²) >= 11 is 0. The lowest BCUT2D eigenvalue weighted by atomic mass is 10.0. The van der Waals surface area contributed by atoms with E-state index < -0.39 is 30.3 Å². The van der Waals surface area contributed by atoms with Crippen molar-refractivity contribution in [2.45, 2.75) is 18.5 Å². The van der Waals surface area contributed by atoms with Crippen molar-refractivity contribution < 1.29 is 23.4 Å². The molecule has 3 atom stereocenters. The van der Waals surface area contributed by atoms with E-state index in [1.807, 2.05) is 30.3 Å². The van der Waals surface area contributed by atoms with E-state index >= 15 is 0 Å². The number of rotatable bonds is 3. The molecule has 0 N–H and O–H groups in total. The van der Waals surface area contributed by atoms with Crippen molar-refractivity contribution in [2.75, 3.05) is 7.11 Å². The number of benzene rings is 2. The van der Waals surface area contributed by atoms with Crippen molar-refractivity contribution >= 4 is 5.97 Å². The number of ether oxygens (including phenoxy) is 3. The summed E-state index contributed by atoms with van der Waals surface area (Å²) in [5.41, 5.74) is 1.03. The number of halogens is 1. The Hall–Kier alpha value is -2.24. The van der Waals surface area contributed by atoms with Crippen LogP contribution in [-0.2, 0) is 19.0 Å². The lowest BCUT2D eigenvalue weighted by Gasteiger charge is -2.15. The van der Waals surface area contributed by atoms with Crippen molar-refractivity contribution in [3.8, 4) is 0 Å². The molecule has 0 aromatic heterocycles. The third-order valence-corrected chi connectivity index (χ3v) is 3.53. The Labute approximate surface area is 127 Å². The summed E-state index contributed by atoms with van der Waals surface area (Å²) in [6.07, 6.45) is -2.60. The second kappa shape index (κ2) is 6.25. The minimum absolute atomic E-state index is 0.274. The van der Waals surface area contributed by atoms with Crippen LogP contribution in [0.1, 0.15) is 23.5 Å². The van der Waals surface area contributed by atoms with Gasteiger partial charge in [-0.15, -0.1) is 0 Å². The fraction of sp³-hybridized carbons (Fsp3) is 0.235. The minimum atomic E-state index is -1.01. The largest absolute Gasteiger partial charge is 0.467 e. The molecular formula is C17H15FO4. The average Bonchev–Trinajstić information content (AvgIpc) is 3.00. The van der Waals surface area contributed by atoms with Crippen LogP contribution in [0.5, 0.6) is 0 Å². The van der Waals surface area contributed by atoms with E-state index in [9.17, 15) is 9.18 Å². The first-order valence-corrected chi connectivity index (χ1v) is 6.89. The fourth-order valence-corrected chi connectivity index (χ4v) is 2.45. The molecule has 0 spiro atoms. The summed E-state index contributed by atoms with van der Waals surface area (Å²) in [7, 11) is 1.26. The molecule has 0 aliphatic carbocycles. The van der Waals surface area contributed by atoms with Gasteiger partial charge in [-0.1, -0.05) is 48.5 Å². The maximum Gasteiger partial charge on any atom is 0.338 e. The Morgan fingerprint density at radius 3 is 2.41 bits per heavy atom. The number of methoxy groups -OCH3 is 1. The Bertz CT molecular complexity index is 659. The van der Waals surface area contributed by atoms with Crippen LogP contribution in [0.4, 0.5) is 4.39 Å². The molecule has 1 heterocycles. The van der Waals surface area contributed by atoms with Crippen LogP contribution >= 0.6 is 0 Å². The molecule has 0 radical (unpaired) electrons. The SMILES string of the molecule is COC(=O)C1OC(c2ccccc2)OC1c1ccccc1F. The van der Waals surface area contributed by atoms with Gasteiger partial charge in [0.15, 0.2) is 12.4 Å². The highest BCUT2D eigenvalue weighted by Gasteiger charge is 2.44. The molecule has 0 bridgehead atoms. The highest BCUT2D eigenvalue weighted by Crippen LogP contribution is 2.41. The minimum Gasteiger partial charge on any atom is -0.467 e. The van der Waals surface area contributed by atoms with Crippen LogP contribution in [0.2, 0.25) is 0 Å². The smallest absolute Gasteiger partial charge is 0.338 e. The normalized spacial score (nSPS) is 24.2. The van der Waals surface area contributed by atoms with Crippen LogP contribution in [0.15, 0.2) is 54.6 Å². The first-order chi connectivity index (χ1) is 10.7. The van der Waals surface area contributed by atoms with Gasteiger partial charge in [0, 0.05) is 11.1 Å². The second-order valence-electron chi connectivity index (χ2n) is 4.90. The Morgan fingerprint density at radius 1 is 1.05 bits per heavy atom. The average molecular weight is 302 g/mol. The van der Waals surface area contributed by atoms with Crippen LogP contribution in [0.3, 0.4) is 0 Å². The van der Waals surface area contributed by atoms with E-state index in [4.69, 9.17) is 14.2 Å². The van der Waals surface area contributed by atoms with E-state index in [2.05, 4.69) is 0 Å². The van der Waals surface area contributed by atoms with Gasteiger partial charge in [-0.3, -0.25) is 0 Å². The predicted octanol–water partition coefficient (Wildman–Crippen LogP) is 3.15. The van der Waals surface area contributed by atoms with Gasteiger partial charge in [0.2, 0.25) is 0 Å². The maximum atomic E-state index is 14.0. The Morgan fingerprint density at radius 2 is 1.73 bits per heavy atom. The van der Waals surface area contributed by atoms with Gasteiger partial charge in [-0.2, -0.15) is 0 Å². The molecule has 0 saturated carbocycles. The number of hydrogen-bond acceptors (Lipinski definition) is 4. The summed E-state index contributed by atoms with van der Waals surface area (Å²) in [5, 5.41) is 0. The summed E-state index contributed by atoms with van der Waals surface area (Å²) < 4.78 is 30.2. The highest BCUT2D eigenvalue weighted by atomic mass is 19.1. The zero-order chi connectivity index (χ0) is 15.5. The molecule has 2 aromatic rings. The van der Waals surface area contributed by atoms with Crippen LogP contribution < -0.4 is 0 Å². The lowest BCUT2D eigenvalue weighted by Crippen LogP contribution is -2.27. The van der Waals surface area contributed by atoms with Gasteiger partial charge in [0.1, 0.15) is 11.9 Å². The van der Waals surface area contributed by atoms with Gasteiger partial charge in [-0.25, -0.2) is 9.18 Å². The molecule has 1 fully saturated rings. The summed E-state index contributed by atoms with van der Waals surface area (Å²) in [4.78, 5) is 11.9. The summed E-state index contributed by atoms with van der Waals surface area (Å²) in [5.74, 6) is -1.04. The van der Waals surface area contributed by atoms with Gasteiger partial charge in [-0.05, 0) is 6.07 Å². The monoisotopic (exact) mass is 302 g/mol. The van der Waals surface area contributed by atoms with Gasteiger partial charge in [0.05, 0.1) is 7.11 Å². The third kappa shape index (κ3) is 2.73. The van der Waals surface area contributed by atoms with Crippen molar-refractivity contribution in [2.24, 2.45) is 0 Å². The number of carbonyl (C=O) groups is 1. The number of hydrogen-bond donors (Lipinski definition) is 0. The molecule has 4 nitrogen and oxygen atoms in total. The van der Waals surface area contributed by atoms with Gasteiger partial charge >= 0.3 is 5.97 Å². The fourth-order valence-electron chi connectivity index (χ4n) is 2.45. The molecular weight excluding hydrogens is 287 g/mol. The van der Waals surface area contributed by atoms with E-state index in [0.717, 1.165) is 5.56 Å². The quantitative estimate of drug-likeness (QED) is 0.817. The first kappa shape index (κ1) is 14.7. The standard InChI is InChI=1S/C17H15FO4/c1-20-16(19)15-14(12-9-5-6-10-13(12)18)21-17(22-15)11-7-3-2-4-8-11/h2-10,14-15,17H,1H3. The molecule has 1 aliphatic heterocycles. The molecule has 2 aromatic carbocycles. The molecule has 22 heavy (non-hydrogen) atoms. The van der Waals surface area contributed by atoms with E-state index in [1.165, 1.54) is 13.2 Å². The highest BCUT2D eigenvalue weighted by molar-refractivity contribution is 5.76. The molecule has 5 heteroatoms. The molecule has 3 rings (SSSR count). The molecule has 3 unspecified atom stereocenters. The van der Waals surface area contributed by atoms with Gasteiger partial charge < -0.3 is 14.2 Å². The van der Waals surface area contributed by atoms with Crippen molar-refractivity contribution in [3.05, 3.63) is 71.5 Å². The summed E-state index contributed by atoms with van der Waals surface area (Å²) in [6, 6.07) is 15.4. The zero-order valence-electron chi connectivity index (χ0n) is 11.9. The van der Waals surface area contributed by atoms with Crippen LogP contribution in [0.25, 0.3) is 0 Å². The number of carbonyl (C=O) groups excluding carboxylic acids is 1. The summed E-state index contributed by atoms with van der Waals surface area (Å²) in [6.45, 7) is 0. The van der Waals surface area contributed by atoms with Gasteiger partial charge in [0.25, 0.3) is 0 Å². The first-order valence-electron chi connectivity index (χ1n) is 6.89. The van der Waals surface area contributed by atoms with Crippen molar-refractivity contribution in [1.29, 1.82) is 0 Å². The maximum absolute atomic E-state index is 14.0. The van der Waals surface area contributed by atoms with Crippen molar-refractivity contribution in [3.63, 3.8) is 0 Å². The third-order valence-electron chi connectivity index (χ3n) is 3.53. The van der Waals surface area contributed by atoms with E-state index in [1.54, 1.807) is 18.2 Å². The van der Waals surface area contributed by atoms with Crippen LogP contribution in [0, 0.1) is 5.82 Å². The van der Waals surface area contributed by atoms with Crippen LogP contribution in [-0.4, -0.2) is 19.2 Å². The molecule has 114 valence electrons. The van der Waals surface area contributed by atoms with Crippen molar-refractivity contribution in [1.82, 2.24) is 0 Å². The molecule has 0 amide bonds. The predicted molar refractivity (Wildman–Crippen MR) is 76.3 cm³/mol. The lowest BCUT2D eigenvalue weighted by molar-refractivity contribution is -0.154. The topological polar surface area (TPSA) is 44.8 Å². The van der Waals surface area contributed by atoms with E-state index in [0.29, 0.717) is 0 Å². The molecule has 1 saturated heterocycles. The van der Waals surface area contributed by atoms with E-state index in [-0.39, 0.29) is 5.56 Å². The zero-order valence-corrected chi connectivity index (χ0v) is 11.9. The Balaban J connectivity index is 1.93. The molecule has 1 aliphatic rings. The second-order valence-corrected chi connectivity index (χ2v) is 4.90. The Kier molecular flexibility index (Phi) is 4.18. The number of esters is 1.